The Labute approximate surface area is 117 Å². The summed E-state index contributed by atoms with van der Waals surface area (Å²) in [5.41, 5.74) is -0.0322. The van der Waals surface area contributed by atoms with Crippen LogP contribution in [0.15, 0.2) is 30.3 Å². The summed E-state index contributed by atoms with van der Waals surface area (Å²) in [6, 6.07) is 10.7. The Morgan fingerprint density at radius 1 is 1.11 bits per heavy atom. The van der Waals surface area contributed by atoms with Crippen molar-refractivity contribution in [3.8, 4) is 0 Å². The topological polar surface area (TPSA) is 20.2 Å². The minimum absolute atomic E-state index is 0.0322. The van der Waals surface area contributed by atoms with Crippen molar-refractivity contribution in [3.05, 3.63) is 30.3 Å². The predicted octanol–water partition coefficient (Wildman–Crippen LogP) is 2.87. The van der Waals surface area contributed by atoms with Crippen LogP contribution in [0.3, 0.4) is 0 Å². The van der Waals surface area contributed by atoms with Crippen LogP contribution in [0.4, 0.5) is 0 Å². The van der Waals surface area contributed by atoms with Crippen molar-refractivity contribution in [2.45, 2.75) is 45.0 Å². The first-order valence-corrected chi connectivity index (χ1v) is 8.43. The van der Waals surface area contributed by atoms with E-state index >= 15 is 0 Å². The first-order valence-electron chi connectivity index (χ1n) is 6.72. The molecule has 0 saturated heterocycles. The molecule has 0 spiro atoms. The molecule has 1 saturated carbocycles. The van der Waals surface area contributed by atoms with E-state index in [2.05, 4.69) is 65.0 Å². The van der Waals surface area contributed by atoms with Crippen LogP contribution in [0.5, 0.6) is 0 Å². The molecule has 0 heterocycles. The van der Waals surface area contributed by atoms with E-state index in [-0.39, 0.29) is 15.8 Å². The van der Waals surface area contributed by atoms with E-state index in [9.17, 15) is 5.11 Å². The molecule has 0 amide bonds. The number of rotatable bonds is 3. The summed E-state index contributed by atoms with van der Waals surface area (Å²) >= 11 is 0.347. The summed E-state index contributed by atoms with van der Waals surface area (Å²) in [4.78, 5) is 0. The average Bonchev–Trinajstić information content (AvgIpc) is 2.82. The standard InChI is InChI=1S/C16H24OSe/c1-11-12(2)16(11,14(17)15(3,4)5)18-13-9-7-6-8-10-13/h6-12,14,17H,1-5H3/t11-,12+,14?,16?. The van der Waals surface area contributed by atoms with Gasteiger partial charge in [0.15, 0.2) is 0 Å². The zero-order valence-corrected chi connectivity index (χ0v) is 13.7. The fourth-order valence-electron chi connectivity index (χ4n) is 2.88. The molecule has 2 rings (SSSR count). The van der Waals surface area contributed by atoms with Crippen LogP contribution in [-0.4, -0.2) is 26.2 Å². The molecule has 1 fully saturated rings. The summed E-state index contributed by atoms with van der Waals surface area (Å²) in [5.74, 6) is 1.26. The molecule has 2 unspecified atom stereocenters. The Kier molecular flexibility index (Phi) is 3.66. The predicted molar refractivity (Wildman–Crippen MR) is 78.3 cm³/mol. The third-order valence-corrected chi connectivity index (χ3v) is 8.19. The van der Waals surface area contributed by atoms with Gasteiger partial charge in [0.2, 0.25) is 0 Å². The molecule has 1 N–H and O–H groups in total. The van der Waals surface area contributed by atoms with Crippen molar-refractivity contribution < 1.29 is 5.11 Å². The van der Waals surface area contributed by atoms with E-state index in [1.807, 2.05) is 0 Å². The molecule has 100 valence electrons. The molecule has 2 heteroatoms. The Bertz CT molecular complexity index is 399. The van der Waals surface area contributed by atoms with Gasteiger partial charge in [0, 0.05) is 0 Å². The Hall–Kier alpha value is -0.301. The van der Waals surface area contributed by atoms with Crippen LogP contribution in [0, 0.1) is 17.3 Å². The molecule has 0 aromatic heterocycles. The fourth-order valence-corrected chi connectivity index (χ4v) is 6.82. The molecule has 0 radical (unpaired) electrons. The summed E-state index contributed by atoms with van der Waals surface area (Å²) in [5, 5.41) is 10.8. The van der Waals surface area contributed by atoms with Gasteiger partial charge in [-0.2, -0.15) is 0 Å². The molecule has 0 aliphatic heterocycles. The number of hydrogen-bond acceptors (Lipinski definition) is 1. The van der Waals surface area contributed by atoms with Crippen molar-refractivity contribution in [1.29, 1.82) is 0 Å². The second kappa shape index (κ2) is 4.67. The SMILES string of the molecule is C[C@@H]1[C@H](C)C1([Se]c1ccccc1)C(O)C(C)(C)C. The van der Waals surface area contributed by atoms with E-state index in [4.69, 9.17) is 0 Å². The van der Waals surface area contributed by atoms with Gasteiger partial charge in [0.25, 0.3) is 0 Å². The normalized spacial score (nSPS) is 33.2. The minimum atomic E-state index is -0.213. The first kappa shape index (κ1) is 14.1. The fraction of sp³-hybridized carbons (Fsp3) is 0.625. The molecule has 1 aromatic carbocycles. The summed E-state index contributed by atoms with van der Waals surface area (Å²) in [6.45, 7) is 11.0. The van der Waals surface area contributed by atoms with Crippen LogP contribution >= 0.6 is 0 Å². The van der Waals surface area contributed by atoms with Gasteiger partial charge in [-0.25, -0.2) is 0 Å². The maximum absolute atomic E-state index is 10.8. The summed E-state index contributed by atoms with van der Waals surface area (Å²) < 4.78 is 1.54. The molecular formula is C16H24OSe. The van der Waals surface area contributed by atoms with E-state index in [0.717, 1.165) is 0 Å². The van der Waals surface area contributed by atoms with Crippen LogP contribution in [0.25, 0.3) is 0 Å². The third-order valence-electron chi connectivity index (χ3n) is 4.35. The Morgan fingerprint density at radius 3 is 2.00 bits per heavy atom. The molecular weight excluding hydrogens is 287 g/mol. The molecule has 1 aliphatic rings. The number of benzene rings is 1. The Balaban J connectivity index is 2.25. The summed E-state index contributed by atoms with van der Waals surface area (Å²) in [7, 11) is 0. The molecule has 18 heavy (non-hydrogen) atoms. The number of hydrogen-bond donors (Lipinski definition) is 1. The zero-order chi connectivity index (χ0) is 13.6. The van der Waals surface area contributed by atoms with Crippen LogP contribution in [0.1, 0.15) is 34.6 Å². The van der Waals surface area contributed by atoms with Gasteiger partial charge in [0.05, 0.1) is 0 Å². The van der Waals surface area contributed by atoms with Crippen molar-refractivity contribution in [2.75, 3.05) is 0 Å². The van der Waals surface area contributed by atoms with Crippen LogP contribution in [0.2, 0.25) is 4.31 Å². The second-order valence-electron chi connectivity index (χ2n) is 6.61. The number of aliphatic hydroxyl groups excluding tert-OH is 1. The van der Waals surface area contributed by atoms with Gasteiger partial charge >= 0.3 is 117 Å². The van der Waals surface area contributed by atoms with Gasteiger partial charge in [-0.1, -0.05) is 0 Å². The van der Waals surface area contributed by atoms with Crippen LogP contribution in [-0.2, 0) is 0 Å². The molecule has 4 atom stereocenters. The van der Waals surface area contributed by atoms with Crippen molar-refractivity contribution in [1.82, 2.24) is 0 Å². The Morgan fingerprint density at radius 2 is 1.61 bits per heavy atom. The first-order chi connectivity index (χ1) is 8.30. The van der Waals surface area contributed by atoms with Crippen LogP contribution < -0.4 is 4.46 Å². The average molecular weight is 311 g/mol. The van der Waals surface area contributed by atoms with Crippen molar-refractivity contribution >= 4 is 19.4 Å². The van der Waals surface area contributed by atoms with Gasteiger partial charge in [0.1, 0.15) is 0 Å². The molecule has 1 aliphatic carbocycles. The maximum atomic E-state index is 10.8. The van der Waals surface area contributed by atoms with Gasteiger partial charge in [-0.3, -0.25) is 0 Å². The van der Waals surface area contributed by atoms with E-state index in [1.54, 1.807) is 0 Å². The van der Waals surface area contributed by atoms with Crippen molar-refractivity contribution in [3.63, 3.8) is 0 Å². The van der Waals surface area contributed by atoms with Gasteiger partial charge in [-0.05, 0) is 0 Å². The zero-order valence-electron chi connectivity index (χ0n) is 12.0. The molecule has 0 bridgehead atoms. The van der Waals surface area contributed by atoms with Gasteiger partial charge < -0.3 is 0 Å². The quantitative estimate of drug-likeness (QED) is 0.851. The summed E-state index contributed by atoms with van der Waals surface area (Å²) in [6.07, 6.45) is -0.213. The monoisotopic (exact) mass is 312 g/mol. The van der Waals surface area contributed by atoms with Crippen molar-refractivity contribution in [2.24, 2.45) is 17.3 Å². The second-order valence-corrected chi connectivity index (χ2v) is 9.52. The molecule has 1 aromatic rings. The van der Waals surface area contributed by atoms with Gasteiger partial charge in [-0.15, -0.1) is 0 Å². The molecule has 1 nitrogen and oxygen atoms in total. The third kappa shape index (κ3) is 2.27. The number of aliphatic hydroxyl groups is 1. The van der Waals surface area contributed by atoms with E-state index in [0.29, 0.717) is 26.8 Å². The van der Waals surface area contributed by atoms with E-state index < -0.39 is 0 Å². The van der Waals surface area contributed by atoms with E-state index in [1.165, 1.54) is 4.46 Å².